The number of ether oxygens (including phenoxy) is 2. The number of hydrogen-bond acceptors (Lipinski definition) is 4. The minimum Gasteiger partial charge on any atom is -0.465 e. The number of carbonyl (C=O) groups is 2. The fourth-order valence-corrected chi connectivity index (χ4v) is 5.26. The van der Waals surface area contributed by atoms with Gasteiger partial charge in [0.2, 0.25) is 0 Å². The van der Waals surface area contributed by atoms with Crippen LogP contribution in [-0.2, 0) is 31.1 Å². The van der Waals surface area contributed by atoms with Crippen molar-refractivity contribution in [2.24, 2.45) is 5.92 Å². The van der Waals surface area contributed by atoms with Gasteiger partial charge in [-0.15, -0.1) is 0 Å². The van der Waals surface area contributed by atoms with Crippen LogP contribution in [0.3, 0.4) is 0 Å². The number of amides is 1. The van der Waals surface area contributed by atoms with Crippen molar-refractivity contribution in [1.82, 2.24) is 0 Å². The van der Waals surface area contributed by atoms with Gasteiger partial charge in [-0.2, -0.15) is 0 Å². The summed E-state index contributed by atoms with van der Waals surface area (Å²) in [4.78, 5) is 27.5. The number of anilines is 1. The molecule has 0 unspecified atom stereocenters. The second kappa shape index (κ2) is 7.10. The Bertz CT molecular complexity index is 1060. The molecule has 1 amide bonds. The standard InChI is InChI=1S/C25H25NO4/c1-3-29-23(27)14-26-22-11-7-6-10-21(22)25(24(26)28)16(2)12-20-18(15-30-25)13-17-8-4-5-9-19(17)20/h4-12,18,20H,3,13-15H2,1-2H3/t18-,20+,25+/m0/s1. The number of hydrogen-bond donors (Lipinski definition) is 0. The van der Waals surface area contributed by atoms with Crippen LogP contribution in [-0.4, -0.2) is 31.6 Å². The third-order valence-corrected chi connectivity index (χ3v) is 6.62. The van der Waals surface area contributed by atoms with E-state index in [1.54, 1.807) is 6.92 Å². The van der Waals surface area contributed by atoms with Crippen molar-refractivity contribution in [3.8, 4) is 0 Å². The van der Waals surface area contributed by atoms with E-state index in [0.29, 0.717) is 12.5 Å². The number of rotatable bonds is 3. The van der Waals surface area contributed by atoms with Crippen LogP contribution in [0.4, 0.5) is 5.69 Å². The molecule has 2 aromatic rings. The van der Waals surface area contributed by atoms with Crippen molar-refractivity contribution in [3.05, 3.63) is 76.9 Å². The predicted octanol–water partition coefficient (Wildman–Crippen LogP) is 3.72. The summed E-state index contributed by atoms with van der Waals surface area (Å²) in [6.45, 7) is 4.40. The van der Waals surface area contributed by atoms with Gasteiger partial charge in [0.1, 0.15) is 6.54 Å². The average Bonchev–Trinajstić information content (AvgIpc) is 3.15. The maximum absolute atomic E-state index is 13.8. The molecule has 1 aliphatic carbocycles. The summed E-state index contributed by atoms with van der Waals surface area (Å²) in [5, 5.41) is 0. The minimum atomic E-state index is -1.18. The van der Waals surface area contributed by atoms with Crippen molar-refractivity contribution < 1.29 is 19.1 Å². The van der Waals surface area contributed by atoms with E-state index in [1.807, 2.05) is 31.2 Å². The monoisotopic (exact) mass is 403 g/mol. The van der Waals surface area contributed by atoms with Crippen LogP contribution in [0.25, 0.3) is 0 Å². The molecule has 0 saturated carbocycles. The molecule has 30 heavy (non-hydrogen) atoms. The first kappa shape index (κ1) is 19.1. The lowest BCUT2D eigenvalue weighted by Crippen LogP contribution is -2.45. The van der Waals surface area contributed by atoms with Gasteiger partial charge in [-0.3, -0.25) is 14.5 Å². The van der Waals surface area contributed by atoms with E-state index in [9.17, 15) is 9.59 Å². The zero-order valence-corrected chi connectivity index (χ0v) is 17.3. The van der Waals surface area contributed by atoms with Crippen LogP contribution >= 0.6 is 0 Å². The molecule has 0 saturated heterocycles. The van der Waals surface area contributed by atoms with Gasteiger partial charge >= 0.3 is 5.97 Å². The highest BCUT2D eigenvalue weighted by atomic mass is 16.5. The zero-order valence-electron chi connectivity index (χ0n) is 17.3. The molecule has 2 aromatic carbocycles. The maximum Gasteiger partial charge on any atom is 0.326 e. The van der Waals surface area contributed by atoms with E-state index >= 15 is 0 Å². The number of fused-ring (bicyclic) bond motifs is 5. The maximum atomic E-state index is 13.8. The zero-order chi connectivity index (χ0) is 20.9. The first-order valence-electron chi connectivity index (χ1n) is 10.5. The van der Waals surface area contributed by atoms with Crippen molar-refractivity contribution in [2.45, 2.75) is 31.8 Å². The molecular formula is C25H25NO4. The SMILES string of the molecule is CCOC(=O)CN1C(=O)[C@]2(OC[C@@H]3Cc4ccccc4[C@@H]3C=C2C)c2ccccc21. The number of benzene rings is 2. The first-order chi connectivity index (χ1) is 14.6. The molecule has 154 valence electrons. The molecule has 5 heteroatoms. The number of carbonyl (C=O) groups excluding carboxylic acids is 2. The number of para-hydroxylation sites is 1. The molecule has 5 nitrogen and oxygen atoms in total. The number of nitrogens with zero attached hydrogens (tertiary/aromatic N) is 1. The van der Waals surface area contributed by atoms with E-state index in [2.05, 4.69) is 30.3 Å². The predicted molar refractivity (Wildman–Crippen MR) is 113 cm³/mol. The molecule has 0 N–H and O–H groups in total. The van der Waals surface area contributed by atoms with Crippen LogP contribution < -0.4 is 4.90 Å². The van der Waals surface area contributed by atoms with Crippen LogP contribution in [0.15, 0.2) is 60.2 Å². The molecule has 0 radical (unpaired) electrons. The Labute approximate surface area is 176 Å². The largest absolute Gasteiger partial charge is 0.465 e. The fourth-order valence-electron chi connectivity index (χ4n) is 5.26. The highest BCUT2D eigenvalue weighted by molar-refractivity contribution is 6.11. The molecule has 2 heterocycles. The Morgan fingerprint density at radius 2 is 1.97 bits per heavy atom. The topological polar surface area (TPSA) is 55.8 Å². The third kappa shape index (κ3) is 2.65. The van der Waals surface area contributed by atoms with Crippen molar-refractivity contribution in [3.63, 3.8) is 0 Å². The molecular weight excluding hydrogens is 378 g/mol. The smallest absolute Gasteiger partial charge is 0.326 e. The summed E-state index contributed by atoms with van der Waals surface area (Å²) in [6.07, 6.45) is 3.16. The summed E-state index contributed by atoms with van der Waals surface area (Å²) >= 11 is 0. The Morgan fingerprint density at radius 3 is 2.80 bits per heavy atom. The van der Waals surface area contributed by atoms with Gasteiger partial charge in [0.25, 0.3) is 5.91 Å². The van der Waals surface area contributed by atoms with E-state index in [4.69, 9.17) is 9.47 Å². The normalized spacial score (nSPS) is 26.7. The van der Waals surface area contributed by atoms with E-state index < -0.39 is 11.6 Å². The van der Waals surface area contributed by atoms with Gasteiger partial charge in [0.15, 0.2) is 5.60 Å². The Balaban J connectivity index is 1.59. The van der Waals surface area contributed by atoms with Crippen LogP contribution in [0.5, 0.6) is 0 Å². The average molecular weight is 403 g/mol. The van der Waals surface area contributed by atoms with Gasteiger partial charge in [0.05, 0.1) is 18.9 Å². The lowest BCUT2D eigenvalue weighted by Gasteiger charge is -2.29. The fraction of sp³-hybridized carbons (Fsp3) is 0.360. The second-order valence-corrected chi connectivity index (χ2v) is 8.24. The highest BCUT2D eigenvalue weighted by Crippen LogP contribution is 2.52. The third-order valence-electron chi connectivity index (χ3n) is 6.62. The van der Waals surface area contributed by atoms with Gasteiger partial charge in [-0.1, -0.05) is 48.5 Å². The van der Waals surface area contributed by atoms with Gasteiger partial charge in [0, 0.05) is 11.5 Å². The van der Waals surface area contributed by atoms with E-state index in [1.165, 1.54) is 16.0 Å². The molecule has 2 aliphatic heterocycles. The van der Waals surface area contributed by atoms with Crippen molar-refractivity contribution >= 4 is 17.6 Å². The highest BCUT2D eigenvalue weighted by Gasteiger charge is 2.55. The molecule has 3 atom stereocenters. The van der Waals surface area contributed by atoms with Crippen LogP contribution in [0, 0.1) is 5.92 Å². The molecule has 0 aromatic heterocycles. The molecule has 3 aliphatic rings. The second-order valence-electron chi connectivity index (χ2n) is 8.24. The lowest BCUT2D eigenvalue weighted by atomic mass is 9.85. The summed E-state index contributed by atoms with van der Waals surface area (Å²) < 4.78 is 11.6. The van der Waals surface area contributed by atoms with Crippen LogP contribution in [0.2, 0.25) is 0 Å². The summed E-state index contributed by atoms with van der Waals surface area (Å²) in [5.74, 6) is -0.0899. The van der Waals surface area contributed by atoms with Crippen LogP contribution in [0.1, 0.15) is 36.5 Å². The van der Waals surface area contributed by atoms with Gasteiger partial charge < -0.3 is 9.47 Å². The van der Waals surface area contributed by atoms with Gasteiger partial charge in [-0.25, -0.2) is 0 Å². The molecule has 0 bridgehead atoms. The summed E-state index contributed by atoms with van der Waals surface area (Å²) in [6, 6.07) is 16.1. The lowest BCUT2D eigenvalue weighted by molar-refractivity contribution is -0.145. The summed E-state index contributed by atoms with van der Waals surface area (Å²) in [5.41, 5.74) is 3.91. The van der Waals surface area contributed by atoms with E-state index in [0.717, 1.165) is 23.2 Å². The van der Waals surface area contributed by atoms with E-state index in [-0.39, 0.29) is 25.0 Å². The Morgan fingerprint density at radius 1 is 1.20 bits per heavy atom. The molecule has 5 rings (SSSR count). The molecule has 1 spiro atoms. The quantitative estimate of drug-likeness (QED) is 0.579. The van der Waals surface area contributed by atoms with Gasteiger partial charge in [-0.05, 0) is 49.0 Å². The number of esters is 1. The van der Waals surface area contributed by atoms with Crippen molar-refractivity contribution in [2.75, 3.05) is 24.7 Å². The molecule has 0 fully saturated rings. The number of allylic oxidation sites excluding steroid dienone is 1. The minimum absolute atomic E-state index is 0.113. The Kier molecular flexibility index (Phi) is 4.51. The summed E-state index contributed by atoms with van der Waals surface area (Å²) in [7, 11) is 0. The van der Waals surface area contributed by atoms with Crippen molar-refractivity contribution in [1.29, 1.82) is 0 Å². The first-order valence-corrected chi connectivity index (χ1v) is 10.5. The Hall–Kier alpha value is -2.92.